The van der Waals surface area contributed by atoms with Crippen LogP contribution in [0, 0.1) is 6.92 Å². The van der Waals surface area contributed by atoms with E-state index in [1.807, 2.05) is 0 Å². The molecule has 1 aromatic carbocycles. The first kappa shape index (κ1) is 11.3. The van der Waals surface area contributed by atoms with E-state index in [4.69, 9.17) is 0 Å². The van der Waals surface area contributed by atoms with Gasteiger partial charge in [-0.3, -0.25) is 4.79 Å². The van der Waals surface area contributed by atoms with E-state index < -0.39 is 5.97 Å². The van der Waals surface area contributed by atoms with Crippen molar-refractivity contribution in [2.24, 2.45) is 7.05 Å². The van der Waals surface area contributed by atoms with Crippen LogP contribution in [0.4, 0.5) is 0 Å². The van der Waals surface area contributed by atoms with Gasteiger partial charge in [0, 0.05) is 7.05 Å². The molecule has 0 N–H and O–H groups in total. The summed E-state index contributed by atoms with van der Waals surface area (Å²) in [5.41, 5.74) is 1.96. The Hall–Kier alpha value is -2.17. The monoisotopic (exact) mass is 232 g/mol. The highest BCUT2D eigenvalue weighted by atomic mass is 16.5. The van der Waals surface area contributed by atoms with Gasteiger partial charge in [0.05, 0.1) is 23.7 Å². The summed E-state index contributed by atoms with van der Waals surface area (Å²) < 4.78 is 6.11. The molecule has 0 saturated heterocycles. The van der Waals surface area contributed by atoms with Crippen LogP contribution in [-0.4, -0.2) is 22.6 Å². The number of esters is 1. The van der Waals surface area contributed by atoms with Crippen LogP contribution in [0.15, 0.2) is 23.0 Å². The Bertz CT molecular complexity index is 659. The quantitative estimate of drug-likeness (QED) is 0.689. The van der Waals surface area contributed by atoms with Gasteiger partial charge >= 0.3 is 5.97 Å². The van der Waals surface area contributed by atoms with Crippen molar-refractivity contribution in [3.8, 4) is 0 Å². The lowest BCUT2D eigenvalue weighted by molar-refractivity contribution is 0.0601. The minimum absolute atomic E-state index is 0.167. The van der Waals surface area contributed by atoms with Gasteiger partial charge in [0.25, 0.3) is 5.56 Å². The molecule has 0 aliphatic rings. The summed E-state index contributed by atoms with van der Waals surface area (Å²) in [5.74, 6) is -0.431. The van der Waals surface area contributed by atoms with Crippen molar-refractivity contribution >= 4 is 17.0 Å². The van der Waals surface area contributed by atoms with E-state index in [-0.39, 0.29) is 5.56 Å². The van der Waals surface area contributed by atoms with E-state index in [1.54, 1.807) is 32.2 Å². The van der Waals surface area contributed by atoms with Crippen molar-refractivity contribution in [1.82, 2.24) is 9.55 Å². The molecule has 0 radical (unpaired) electrons. The molecule has 5 nitrogen and oxygen atoms in total. The maximum absolute atomic E-state index is 11.7. The van der Waals surface area contributed by atoms with Crippen LogP contribution in [0.1, 0.15) is 16.1 Å². The van der Waals surface area contributed by atoms with Gasteiger partial charge in [0.2, 0.25) is 0 Å². The number of aromatic nitrogens is 2. The molecular weight excluding hydrogens is 220 g/mol. The first-order valence-corrected chi connectivity index (χ1v) is 5.10. The zero-order chi connectivity index (χ0) is 12.6. The number of aryl methyl sites for hydroxylation is 2. The summed E-state index contributed by atoms with van der Waals surface area (Å²) >= 11 is 0. The standard InChI is InChI=1S/C12H12N2O3/c1-7-11(15)14(2)10-6-8(12(16)17-3)4-5-9(10)13-7/h4-6H,1-3H3. The lowest BCUT2D eigenvalue weighted by atomic mass is 10.2. The Kier molecular flexibility index (Phi) is 2.67. The maximum atomic E-state index is 11.7. The Labute approximate surface area is 97.7 Å². The lowest BCUT2D eigenvalue weighted by Gasteiger charge is -2.07. The highest BCUT2D eigenvalue weighted by molar-refractivity contribution is 5.93. The van der Waals surface area contributed by atoms with E-state index >= 15 is 0 Å². The minimum atomic E-state index is -0.431. The van der Waals surface area contributed by atoms with Crippen LogP contribution in [0.3, 0.4) is 0 Å². The number of fused-ring (bicyclic) bond motifs is 1. The summed E-state index contributed by atoms with van der Waals surface area (Å²) in [7, 11) is 2.97. The Morgan fingerprint density at radius 2 is 2.12 bits per heavy atom. The Morgan fingerprint density at radius 3 is 2.76 bits per heavy atom. The molecule has 0 aliphatic heterocycles. The largest absolute Gasteiger partial charge is 0.465 e. The second kappa shape index (κ2) is 4.01. The first-order valence-electron chi connectivity index (χ1n) is 5.10. The molecule has 0 bridgehead atoms. The van der Waals surface area contributed by atoms with Crippen LogP contribution < -0.4 is 5.56 Å². The molecule has 0 atom stereocenters. The molecule has 88 valence electrons. The first-order chi connectivity index (χ1) is 8.04. The topological polar surface area (TPSA) is 61.2 Å². The lowest BCUT2D eigenvalue weighted by Crippen LogP contribution is -2.21. The molecule has 17 heavy (non-hydrogen) atoms. The summed E-state index contributed by atoms with van der Waals surface area (Å²) in [6.45, 7) is 1.66. The molecule has 0 aliphatic carbocycles. The fourth-order valence-corrected chi connectivity index (χ4v) is 1.71. The number of nitrogens with zero attached hydrogens (tertiary/aromatic N) is 2. The second-order valence-corrected chi connectivity index (χ2v) is 3.76. The smallest absolute Gasteiger partial charge is 0.337 e. The van der Waals surface area contributed by atoms with Crippen molar-refractivity contribution in [1.29, 1.82) is 0 Å². The summed E-state index contributed by atoms with van der Waals surface area (Å²) in [4.78, 5) is 27.3. The molecule has 2 rings (SSSR count). The van der Waals surface area contributed by atoms with Crippen molar-refractivity contribution in [2.45, 2.75) is 6.92 Å². The van der Waals surface area contributed by atoms with E-state index in [0.717, 1.165) is 0 Å². The summed E-state index contributed by atoms with van der Waals surface area (Å²) in [5, 5.41) is 0. The van der Waals surface area contributed by atoms with Gasteiger partial charge in [-0.1, -0.05) is 0 Å². The van der Waals surface area contributed by atoms with Gasteiger partial charge in [-0.15, -0.1) is 0 Å². The van der Waals surface area contributed by atoms with Gasteiger partial charge < -0.3 is 9.30 Å². The summed E-state index contributed by atoms with van der Waals surface area (Å²) in [6.07, 6.45) is 0. The number of carbonyl (C=O) groups is 1. The molecule has 0 fully saturated rings. The zero-order valence-corrected chi connectivity index (χ0v) is 9.85. The van der Waals surface area contributed by atoms with Crippen molar-refractivity contribution in [3.63, 3.8) is 0 Å². The van der Waals surface area contributed by atoms with Gasteiger partial charge in [-0.25, -0.2) is 9.78 Å². The molecule has 0 unspecified atom stereocenters. The third-order valence-corrected chi connectivity index (χ3v) is 2.66. The molecule has 1 aromatic heterocycles. The van der Waals surface area contributed by atoms with E-state index in [1.165, 1.54) is 11.7 Å². The zero-order valence-electron chi connectivity index (χ0n) is 9.85. The second-order valence-electron chi connectivity index (χ2n) is 3.76. The van der Waals surface area contributed by atoms with E-state index in [2.05, 4.69) is 9.72 Å². The third kappa shape index (κ3) is 1.80. The number of hydrogen-bond donors (Lipinski definition) is 0. The van der Waals surface area contributed by atoms with Crippen LogP contribution in [0.5, 0.6) is 0 Å². The van der Waals surface area contributed by atoms with Gasteiger partial charge in [0.15, 0.2) is 0 Å². The van der Waals surface area contributed by atoms with Gasteiger partial charge in [-0.2, -0.15) is 0 Å². The normalized spacial score (nSPS) is 10.5. The number of benzene rings is 1. The SMILES string of the molecule is COC(=O)c1ccc2nc(C)c(=O)n(C)c2c1. The van der Waals surface area contributed by atoms with Crippen molar-refractivity contribution in [2.75, 3.05) is 7.11 Å². The Balaban J connectivity index is 2.77. The molecule has 1 heterocycles. The molecule has 0 saturated carbocycles. The molecule has 0 spiro atoms. The third-order valence-electron chi connectivity index (χ3n) is 2.66. The van der Waals surface area contributed by atoms with Gasteiger partial charge in [0.1, 0.15) is 5.69 Å². The van der Waals surface area contributed by atoms with Crippen molar-refractivity contribution in [3.05, 3.63) is 39.8 Å². The number of methoxy groups -OCH3 is 1. The van der Waals surface area contributed by atoms with Crippen LogP contribution >= 0.6 is 0 Å². The van der Waals surface area contributed by atoms with E-state index in [0.29, 0.717) is 22.3 Å². The number of rotatable bonds is 1. The van der Waals surface area contributed by atoms with E-state index in [9.17, 15) is 9.59 Å². The number of carbonyl (C=O) groups excluding carboxylic acids is 1. The molecule has 0 amide bonds. The predicted octanol–water partition coefficient (Wildman–Crippen LogP) is 1.03. The summed E-state index contributed by atoms with van der Waals surface area (Å²) in [6, 6.07) is 4.94. The fraction of sp³-hybridized carbons (Fsp3) is 0.250. The molecule has 5 heteroatoms. The minimum Gasteiger partial charge on any atom is -0.465 e. The number of ether oxygens (including phenoxy) is 1. The van der Waals surface area contributed by atoms with Crippen LogP contribution in [-0.2, 0) is 11.8 Å². The van der Waals surface area contributed by atoms with Gasteiger partial charge in [-0.05, 0) is 25.1 Å². The Morgan fingerprint density at radius 1 is 1.41 bits per heavy atom. The highest BCUT2D eigenvalue weighted by Crippen LogP contribution is 2.13. The van der Waals surface area contributed by atoms with Crippen molar-refractivity contribution < 1.29 is 9.53 Å². The fourth-order valence-electron chi connectivity index (χ4n) is 1.71. The predicted molar refractivity (Wildman–Crippen MR) is 63.1 cm³/mol. The van der Waals surface area contributed by atoms with Crippen LogP contribution in [0.2, 0.25) is 0 Å². The number of hydrogen-bond acceptors (Lipinski definition) is 4. The average molecular weight is 232 g/mol. The maximum Gasteiger partial charge on any atom is 0.337 e. The molecule has 2 aromatic rings. The van der Waals surface area contributed by atoms with Crippen LogP contribution in [0.25, 0.3) is 11.0 Å². The average Bonchev–Trinajstić information content (AvgIpc) is 2.35. The molecular formula is C12H12N2O3. The highest BCUT2D eigenvalue weighted by Gasteiger charge is 2.09.